The fraction of sp³-hybridized carbons (Fsp3) is 0.964. The van der Waals surface area contributed by atoms with Gasteiger partial charge in [-0.2, -0.15) is 0 Å². The molecule has 0 aromatic rings. The van der Waals surface area contributed by atoms with E-state index in [4.69, 9.17) is 5.11 Å². The van der Waals surface area contributed by atoms with Crippen molar-refractivity contribution in [3.63, 3.8) is 0 Å². The van der Waals surface area contributed by atoms with Crippen molar-refractivity contribution in [3.8, 4) is 0 Å². The second kappa shape index (κ2) is 9.74. The Morgan fingerprint density at radius 3 is 2.29 bits per heavy atom. The lowest BCUT2D eigenvalue weighted by Gasteiger charge is -2.64. The van der Waals surface area contributed by atoms with Crippen LogP contribution in [0, 0.1) is 52.3 Å². The van der Waals surface area contributed by atoms with Gasteiger partial charge in [-0.1, -0.05) is 60.8 Å². The molecule has 4 fully saturated rings. The van der Waals surface area contributed by atoms with Crippen LogP contribution in [-0.4, -0.2) is 22.3 Å². The van der Waals surface area contributed by atoms with E-state index in [-0.39, 0.29) is 11.5 Å². The van der Waals surface area contributed by atoms with Gasteiger partial charge in [0.2, 0.25) is 0 Å². The van der Waals surface area contributed by atoms with Crippen molar-refractivity contribution in [2.75, 3.05) is 0 Å². The van der Waals surface area contributed by atoms with Crippen molar-refractivity contribution in [1.29, 1.82) is 0 Å². The Labute approximate surface area is 191 Å². The Morgan fingerprint density at radius 1 is 0.968 bits per heavy atom. The van der Waals surface area contributed by atoms with Crippen LogP contribution in [0.15, 0.2) is 0 Å². The topological polar surface area (TPSA) is 57.5 Å². The summed E-state index contributed by atoms with van der Waals surface area (Å²) in [5.41, 5.74) is 0.716. The highest BCUT2D eigenvalue weighted by Crippen LogP contribution is 2.69. The molecule has 0 bridgehead atoms. The summed E-state index contributed by atoms with van der Waals surface area (Å²) >= 11 is 0. The van der Waals surface area contributed by atoms with Gasteiger partial charge < -0.3 is 10.2 Å². The maximum absolute atomic E-state index is 11.7. The number of rotatable bonds is 5. The van der Waals surface area contributed by atoms with Gasteiger partial charge in [-0.25, -0.2) is 0 Å². The van der Waals surface area contributed by atoms with Crippen LogP contribution >= 0.6 is 0 Å². The van der Waals surface area contributed by atoms with E-state index in [2.05, 4.69) is 27.7 Å². The van der Waals surface area contributed by atoms with Crippen molar-refractivity contribution < 1.29 is 15.0 Å². The van der Waals surface area contributed by atoms with Crippen LogP contribution in [0.2, 0.25) is 0 Å². The number of hydrogen-bond donors (Lipinski definition) is 2. The quantitative estimate of drug-likeness (QED) is 0.482. The van der Waals surface area contributed by atoms with Crippen molar-refractivity contribution >= 4 is 5.97 Å². The summed E-state index contributed by atoms with van der Waals surface area (Å²) in [6, 6.07) is 0. The van der Waals surface area contributed by atoms with Crippen molar-refractivity contribution in [3.05, 3.63) is 0 Å². The SMILES string of the molecule is CC.CC[C@H]1C(O)C2C(CCC3(C)C2CCC3[C@H](C)CCC(=O)O)C2(C)CCCCC12. The van der Waals surface area contributed by atoms with Gasteiger partial charge in [-0.05, 0) is 97.2 Å². The van der Waals surface area contributed by atoms with Gasteiger partial charge in [0.1, 0.15) is 0 Å². The lowest BCUT2D eigenvalue weighted by atomic mass is 9.41. The maximum atomic E-state index is 11.7. The number of aliphatic hydroxyl groups is 1. The largest absolute Gasteiger partial charge is 0.481 e. The van der Waals surface area contributed by atoms with Gasteiger partial charge in [-0.3, -0.25) is 4.79 Å². The van der Waals surface area contributed by atoms with Gasteiger partial charge >= 0.3 is 5.97 Å². The third kappa shape index (κ3) is 4.11. The van der Waals surface area contributed by atoms with Crippen molar-refractivity contribution in [1.82, 2.24) is 0 Å². The molecule has 0 aromatic heterocycles. The molecule has 0 aliphatic heterocycles. The number of carboxylic acids is 1. The first-order chi connectivity index (χ1) is 14.7. The Bertz CT molecular complexity index is 617. The number of carboxylic acid groups (broad SMARTS) is 1. The molecule has 4 saturated carbocycles. The van der Waals surface area contributed by atoms with Gasteiger partial charge in [0.05, 0.1) is 6.10 Å². The average molecular weight is 435 g/mol. The smallest absolute Gasteiger partial charge is 0.303 e. The van der Waals surface area contributed by atoms with Crippen LogP contribution < -0.4 is 0 Å². The highest BCUT2D eigenvalue weighted by atomic mass is 16.4. The van der Waals surface area contributed by atoms with Crippen LogP contribution in [0.25, 0.3) is 0 Å². The van der Waals surface area contributed by atoms with Gasteiger partial charge in [0, 0.05) is 6.42 Å². The predicted octanol–water partition coefficient (Wildman–Crippen LogP) is 7.17. The molecule has 0 aromatic carbocycles. The third-order valence-corrected chi connectivity index (χ3v) is 10.9. The number of carbonyl (C=O) groups is 1. The van der Waals surface area contributed by atoms with Crippen LogP contribution in [0.3, 0.4) is 0 Å². The standard InChI is InChI=1S/C26H44O3.C2H6/c1-5-17-19-8-6-7-14-25(19,3)21-13-15-26(4)18(16(2)9-12-22(27)28)10-11-20(26)23(21)24(17)29;1-2/h16-21,23-24,29H,5-15H2,1-4H3,(H,27,28);1-2H3/t16-,17-,18?,19?,20?,21?,23?,24?,25?,26?;/m1./s1. The molecule has 0 spiro atoms. The van der Waals surface area contributed by atoms with Gasteiger partial charge in [0.15, 0.2) is 0 Å². The van der Waals surface area contributed by atoms with Crippen LogP contribution in [0.1, 0.15) is 112 Å². The zero-order valence-corrected chi connectivity index (χ0v) is 21.2. The molecule has 0 amide bonds. The van der Waals surface area contributed by atoms with E-state index in [0.717, 1.165) is 12.8 Å². The minimum Gasteiger partial charge on any atom is -0.481 e. The first-order valence-electron chi connectivity index (χ1n) is 13.6. The van der Waals surface area contributed by atoms with Gasteiger partial charge in [-0.15, -0.1) is 0 Å². The Kier molecular flexibility index (Phi) is 7.87. The summed E-state index contributed by atoms with van der Waals surface area (Å²) in [6.07, 6.45) is 12.5. The number of aliphatic hydroxyl groups excluding tert-OH is 1. The molecule has 2 N–H and O–H groups in total. The molecule has 4 rings (SSSR count). The number of fused-ring (bicyclic) bond motifs is 5. The molecule has 0 radical (unpaired) electrons. The van der Waals surface area contributed by atoms with E-state index in [1.165, 1.54) is 51.4 Å². The Morgan fingerprint density at radius 2 is 1.65 bits per heavy atom. The summed E-state index contributed by atoms with van der Waals surface area (Å²) in [5, 5.41) is 20.9. The van der Waals surface area contributed by atoms with E-state index in [1.807, 2.05) is 13.8 Å². The van der Waals surface area contributed by atoms with E-state index in [0.29, 0.717) is 53.3 Å². The second-order valence-corrected chi connectivity index (χ2v) is 11.8. The van der Waals surface area contributed by atoms with E-state index < -0.39 is 5.97 Å². The first-order valence-corrected chi connectivity index (χ1v) is 13.6. The zero-order chi connectivity index (χ0) is 23.0. The molecule has 8 unspecified atom stereocenters. The fourth-order valence-corrected chi connectivity index (χ4v) is 9.57. The summed E-state index contributed by atoms with van der Waals surface area (Å²) in [6.45, 7) is 13.7. The lowest BCUT2D eigenvalue weighted by molar-refractivity contribution is -0.194. The minimum absolute atomic E-state index is 0.126. The molecular formula is C28H50O3. The summed E-state index contributed by atoms with van der Waals surface area (Å²) in [4.78, 5) is 11.1. The molecule has 4 aliphatic carbocycles. The monoisotopic (exact) mass is 434 g/mol. The molecule has 10 atom stereocenters. The fourth-order valence-electron chi connectivity index (χ4n) is 9.57. The lowest BCUT2D eigenvalue weighted by Crippen LogP contribution is -2.61. The third-order valence-electron chi connectivity index (χ3n) is 10.9. The molecule has 0 heterocycles. The van der Waals surface area contributed by atoms with E-state index in [9.17, 15) is 9.90 Å². The average Bonchev–Trinajstić information content (AvgIpc) is 3.11. The number of aliphatic carboxylic acids is 1. The Hall–Kier alpha value is -0.570. The highest BCUT2D eigenvalue weighted by molar-refractivity contribution is 5.66. The molecular weight excluding hydrogens is 384 g/mol. The molecule has 3 nitrogen and oxygen atoms in total. The second-order valence-electron chi connectivity index (χ2n) is 11.8. The molecule has 31 heavy (non-hydrogen) atoms. The van der Waals surface area contributed by atoms with E-state index >= 15 is 0 Å². The predicted molar refractivity (Wildman–Crippen MR) is 128 cm³/mol. The van der Waals surface area contributed by atoms with Crippen molar-refractivity contribution in [2.45, 2.75) is 118 Å². The number of hydrogen-bond acceptors (Lipinski definition) is 2. The summed E-state index contributed by atoms with van der Waals surface area (Å²) in [5.74, 6) is 3.41. The van der Waals surface area contributed by atoms with Crippen LogP contribution in [-0.2, 0) is 4.79 Å². The van der Waals surface area contributed by atoms with Crippen molar-refractivity contribution in [2.24, 2.45) is 52.3 Å². The first kappa shape index (κ1) is 25.1. The van der Waals surface area contributed by atoms with E-state index in [1.54, 1.807) is 0 Å². The van der Waals surface area contributed by atoms with Gasteiger partial charge in [0.25, 0.3) is 0 Å². The summed E-state index contributed by atoms with van der Waals surface area (Å²) < 4.78 is 0. The highest BCUT2D eigenvalue weighted by Gasteiger charge is 2.64. The zero-order valence-electron chi connectivity index (χ0n) is 21.2. The normalized spacial score (nSPS) is 47.3. The Balaban J connectivity index is 0.00000132. The molecule has 4 aliphatic rings. The van der Waals surface area contributed by atoms with Crippen LogP contribution in [0.5, 0.6) is 0 Å². The molecule has 180 valence electrons. The summed E-state index contributed by atoms with van der Waals surface area (Å²) in [7, 11) is 0. The maximum Gasteiger partial charge on any atom is 0.303 e. The molecule has 3 heteroatoms. The molecule has 0 saturated heterocycles. The van der Waals surface area contributed by atoms with Crippen LogP contribution in [0.4, 0.5) is 0 Å². The minimum atomic E-state index is -0.662.